The fourth-order valence-electron chi connectivity index (χ4n) is 2.50. The van der Waals surface area contributed by atoms with Crippen LogP contribution in [0.25, 0.3) is 0 Å². The molecule has 5 nitrogen and oxygen atoms in total. The number of aryl methyl sites for hydroxylation is 1. The minimum atomic E-state index is -3.17. The van der Waals surface area contributed by atoms with E-state index in [1.807, 2.05) is 31.2 Å². The van der Waals surface area contributed by atoms with Gasteiger partial charge in [0.1, 0.15) is 18.0 Å². The van der Waals surface area contributed by atoms with Gasteiger partial charge in [0.15, 0.2) is 0 Å². The van der Waals surface area contributed by atoms with Crippen LogP contribution in [0.1, 0.15) is 18.9 Å². The van der Waals surface area contributed by atoms with Crippen molar-refractivity contribution in [3.63, 3.8) is 0 Å². The number of methoxy groups -OCH3 is 1. The molecule has 0 amide bonds. The summed E-state index contributed by atoms with van der Waals surface area (Å²) >= 11 is 0. The zero-order chi connectivity index (χ0) is 15.5. The van der Waals surface area contributed by atoms with Gasteiger partial charge in [0, 0.05) is 20.2 Å². The van der Waals surface area contributed by atoms with E-state index in [2.05, 4.69) is 0 Å². The molecule has 0 saturated carbocycles. The lowest BCUT2D eigenvalue weighted by molar-refractivity contribution is -0.0318. The average Bonchev–Trinajstić information content (AvgIpc) is 2.92. The van der Waals surface area contributed by atoms with Crippen LogP contribution in [-0.4, -0.2) is 50.9 Å². The van der Waals surface area contributed by atoms with Gasteiger partial charge in [-0.25, -0.2) is 8.42 Å². The molecule has 0 unspecified atom stereocenters. The van der Waals surface area contributed by atoms with Gasteiger partial charge in [0.05, 0.1) is 5.75 Å². The fraction of sp³-hybridized carbons (Fsp3) is 0.600. The summed E-state index contributed by atoms with van der Waals surface area (Å²) in [7, 11) is -1.56. The lowest BCUT2D eigenvalue weighted by atomic mass is 10.0. The topological polar surface area (TPSA) is 55.8 Å². The van der Waals surface area contributed by atoms with Gasteiger partial charge in [0.25, 0.3) is 0 Å². The standard InChI is InChI=1S/C15H23NO4S/c1-4-21(17,18)16-10-9-15(11-16,19-3)12-20-14-8-6-5-7-13(14)2/h5-8H,4,9-12H2,1-3H3/t15-/m1/s1. The number of rotatable bonds is 6. The minimum Gasteiger partial charge on any atom is -0.490 e. The molecular formula is C15H23NO4S. The zero-order valence-electron chi connectivity index (χ0n) is 12.8. The van der Waals surface area contributed by atoms with Gasteiger partial charge >= 0.3 is 0 Å². The number of hydrogen-bond donors (Lipinski definition) is 0. The van der Waals surface area contributed by atoms with Crippen LogP contribution >= 0.6 is 0 Å². The van der Waals surface area contributed by atoms with E-state index in [1.54, 1.807) is 14.0 Å². The molecular weight excluding hydrogens is 290 g/mol. The van der Waals surface area contributed by atoms with Crippen molar-refractivity contribution >= 4 is 10.0 Å². The minimum absolute atomic E-state index is 0.117. The molecule has 0 spiro atoms. The Kier molecular flexibility index (Phi) is 4.91. The maximum atomic E-state index is 12.0. The quantitative estimate of drug-likeness (QED) is 0.804. The van der Waals surface area contributed by atoms with Crippen molar-refractivity contribution in [3.8, 4) is 5.75 Å². The van der Waals surface area contributed by atoms with E-state index in [0.717, 1.165) is 11.3 Å². The molecule has 2 rings (SSSR count). The number of sulfonamides is 1. The first-order chi connectivity index (χ1) is 9.92. The summed E-state index contributed by atoms with van der Waals surface area (Å²) in [5, 5.41) is 0. The first kappa shape index (κ1) is 16.3. The van der Waals surface area contributed by atoms with Crippen molar-refractivity contribution in [1.82, 2.24) is 4.31 Å². The van der Waals surface area contributed by atoms with Gasteiger partial charge in [0.2, 0.25) is 10.0 Å². The van der Waals surface area contributed by atoms with Crippen molar-refractivity contribution in [2.75, 3.05) is 32.6 Å². The van der Waals surface area contributed by atoms with E-state index in [9.17, 15) is 8.42 Å². The van der Waals surface area contributed by atoms with E-state index in [1.165, 1.54) is 4.31 Å². The molecule has 1 heterocycles. The van der Waals surface area contributed by atoms with Crippen LogP contribution in [0.4, 0.5) is 0 Å². The van der Waals surface area contributed by atoms with E-state index in [4.69, 9.17) is 9.47 Å². The Morgan fingerprint density at radius 3 is 2.67 bits per heavy atom. The van der Waals surface area contributed by atoms with Gasteiger partial charge in [-0.3, -0.25) is 0 Å². The molecule has 1 aromatic carbocycles. The Morgan fingerprint density at radius 2 is 2.05 bits per heavy atom. The first-order valence-corrected chi connectivity index (χ1v) is 8.75. The van der Waals surface area contributed by atoms with Crippen molar-refractivity contribution in [2.24, 2.45) is 0 Å². The Bertz CT molecular complexity index is 587. The van der Waals surface area contributed by atoms with Gasteiger partial charge in [-0.15, -0.1) is 0 Å². The lowest BCUT2D eigenvalue weighted by Gasteiger charge is -2.28. The van der Waals surface area contributed by atoms with Crippen LogP contribution < -0.4 is 4.74 Å². The Hall–Kier alpha value is -1.11. The van der Waals surface area contributed by atoms with E-state index >= 15 is 0 Å². The van der Waals surface area contributed by atoms with Crippen molar-refractivity contribution in [1.29, 1.82) is 0 Å². The molecule has 1 saturated heterocycles. The van der Waals surface area contributed by atoms with Gasteiger partial charge in [-0.1, -0.05) is 18.2 Å². The average molecular weight is 313 g/mol. The first-order valence-electron chi connectivity index (χ1n) is 7.14. The lowest BCUT2D eigenvalue weighted by Crippen LogP contribution is -2.42. The second-order valence-corrected chi connectivity index (χ2v) is 7.68. The monoisotopic (exact) mass is 313 g/mol. The molecule has 1 aliphatic rings. The van der Waals surface area contributed by atoms with Crippen LogP contribution in [0, 0.1) is 6.92 Å². The molecule has 1 aliphatic heterocycles. The fourth-order valence-corrected chi connectivity index (χ4v) is 3.67. The Balaban J connectivity index is 2.06. The second-order valence-electron chi connectivity index (χ2n) is 5.43. The van der Waals surface area contributed by atoms with Crippen LogP contribution in [0.5, 0.6) is 5.75 Å². The number of benzene rings is 1. The molecule has 0 aliphatic carbocycles. The van der Waals surface area contributed by atoms with Crippen molar-refractivity contribution < 1.29 is 17.9 Å². The maximum Gasteiger partial charge on any atom is 0.213 e. The summed E-state index contributed by atoms with van der Waals surface area (Å²) in [5.41, 5.74) is 0.490. The highest BCUT2D eigenvalue weighted by atomic mass is 32.2. The molecule has 118 valence electrons. The molecule has 0 bridgehead atoms. The number of ether oxygens (including phenoxy) is 2. The van der Waals surface area contributed by atoms with E-state index < -0.39 is 15.6 Å². The third-order valence-corrected chi connectivity index (χ3v) is 5.88. The summed E-state index contributed by atoms with van der Waals surface area (Å²) < 4.78 is 36.9. The highest BCUT2D eigenvalue weighted by Gasteiger charge is 2.43. The van der Waals surface area contributed by atoms with E-state index in [-0.39, 0.29) is 5.75 Å². The molecule has 0 N–H and O–H groups in total. The van der Waals surface area contributed by atoms with Crippen LogP contribution in [0.15, 0.2) is 24.3 Å². The summed E-state index contributed by atoms with van der Waals surface area (Å²) in [4.78, 5) is 0. The van der Waals surface area contributed by atoms with Crippen LogP contribution in [0.2, 0.25) is 0 Å². The maximum absolute atomic E-state index is 12.0. The molecule has 1 fully saturated rings. The predicted molar refractivity (Wildman–Crippen MR) is 82.1 cm³/mol. The van der Waals surface area contributed by atoms with E-state index in [0.29, 0.717) is 26.1 Å². The predicted octanol–water partition coefficient (Wildman–Crippen LogP) is 1.81. The largest absolute Gasteiger partial charge is 0.490 e. The van der Waals surface area contributed by atoms with Gasteiger partial charge in [-0.05, 0) is 31.9 Å². The van der Waals surface area contributed by atoms with Crippen molar-refractivity contribution in [3.05, 3.63) is 29.8 Å². The zero-order valence-corrected chi connectivity index (χ0v) is 13.6. The summed E-state index contributed by atoms with van der Waals surface area (Å²) in [6, 6.07) is 7.77. The second kappa shape index (κ2) is 6.34. The third-order valence-electron chi connectivity index (χ3n) is 4.06. The Labute approximate surface area is 126 Å². The molecule has 0 radical (unpaired) electrons. The normalized spacial score (nSPS) is 23.4. The van der Waals surface area contributed by atoms with Gasteiger partial charge < -0.3 is 9.47 Å². The number of nitrogens with zero attached hydrogens (tertiary/aromatic N) is 1. The van der Waals surface area contributed by atoms with Crippen LogP contribution in [0.3, 0.4) is 0 Å². The number of hydrogen-bond acceptors (Lipinski definition) is 4. The third kappa shape index (κ3) is 3.56. The molecule has 6 heteroatoms. The molecule has 21 heavy (non-hydrogen) atoms. The van der Waals surface area contributed by atoms with Crippen molar-refractivity contribution in [2.45, 2.75) is 25.9 Å². The smallest absolute Gasteiger partial charge is 0.213 e. The molecule has 0 aromatic heterocycles. The Morgan fingerprint density at radius 1 is 1.33 bits per heavy atom. The highest BCUT2D eigenvalue weighted by molar-refractivity contribution is 7.89. The summed E-state index contributed by atoms with van der Waals surface area (Å²) in [6.45, 7) is 4.83. The number of para-hydroxylation sites is 1. The summed E-state index contributed by atoms with van der Waals surface area (Å²) in [6.07, 6.45) is 0.647. The molecule has 1 aromatic rings. The highest BCUT2D eigenvalue weighted by Crippen LogP contribution is 2.29. The van der Waals surface area contributed by atoms with Gasteiger partial charge in [-0.2, -0.15) is 4.31 Å². The summed E-state index contributed by atoms with van der Waals surface area (Å²) in [5.74, 6) is 0.927. The SMILES string of the molecule is CCS(=O)(=O)N1CC[C@@](COc2ccccc2C)(OC)C1. The molecule has 1 atom stereocenters. The van der Waals surface area contributed by atoms with Crippen LogP contribution in [-0.2, 0) is 14.8 Å².